The lowest BCUT2D eigenvalue weighted by Gasteiger charge is -2.07. The largest absolute Gasteiger partial charge is 0.266 e. The average molecular weight is 378 g/mol. The summed E-state index contributed by atoms with van der Waals surface area (Å²) >= 11 is 1.71. The van der Waals surface area contributed by atoms with E-state index in [2.05, 4.69) is 44.7 Å². The van der Waals surface area contributed by atoms with Gasteiger partial charge < -0.3 is 0 Å². The van der Waals surface area contributed by atoms with Crippen LogP contribution in [-0.2, 0) is 6.54 Å². The van der Waals surface area contributed by atoms with Gasteiger partial charge >= 0.3 is 0 Å². The van der Waals surface area contributed by atoms with Crippen LogP contribution in [0.4, 0.5) is 8.78 Å². The number of aromatic nitrogens is 4. The average Bonchev–Trinajstić information content (AvgIpc) is 3.29. The number of hydrogen-bond donors (Lipinski definition) is 0. The quantitative estimate of drug-likeness (QED) is 0.444. The molecular weight excluding hydrogens is 366 g/mol. The number of imidazole rings is 1. The number of nitrogens with zero attached hydrogens (tertiary/aromatic N) is 4. The topological polar surface area (TPSA) is 43.6 Å². The summed E-state index contributed by atoms with van der Waals surface area (Å²) in [6, 6.07) is 12.4. The zero-order valence-corrected chi connectivity index (χ0v) is 14.8. The van der Waals surface area contributed by atoms with Gasteiger partial charge in [-0.15, -0.1) is 11.3 Å². The molecule has 0 unspecified atom stereocenters. The Morgan fingerprint density at radius 3 is 2.81 bits per heavy atom. The van der Waals surface area contributed by atoms with Crippen LogP contribution in [-0.4, -0.2) is 19.7 Å². The molecule has 2 aliphatic heterocycles. The van der Waals surface area contributed by atoms with Gasteiger partial charge in [-0.25, -0.2) is 18.7 Å². The molecule has 27 heavy (non-hydrogen) atoms. The lowest BCUT2D eigenvalue weighted by molar-refractivity contribution is 0.510. The summed E-state index contributed by atoms with van der Waals surface area (Å²) in [6.45, 7) is 0.582. The van der Waals surface area contributed by atoms with Gasteiger partial charge in [-0.2, -0.15) is 5.10 Å². The van der Waals surface area contributed by atoms with Crippen molar-refractivity contribution in [3.63, 3.8) is 0 Å². The third-order valence-electron chi connectivity index (χ3n) is 4.37. The molecular formula is C20H12F2N4S. The minimum atomic E-state index is -0.947. The molecule has 0 bridgehead atoms. The molecule has 0 saturated heterocycles. The molecule has 0 aliphatic carbocycles. The fourth-order valence-electron chi connectivity index (χ4n) is 3.05. The smallest absolute Gasteiger partial charge is 0.169 e. The predicted octanol–water partition coefficient (Wildman–Crippen LogP) is 4.99. The van der Waals surface area contributed by atoms with Gasteiger partial charge in [0.2, 0.25) is 0 Å². The van der Waals surface area contributed by atoms with Crippen LogP contribution in [0.25, 0.3) is 32.9 Å². The summed E-state index contributed by atoms with van der Waals surface area (Å²) < 4.78 is 30.5. The number of rotatable bonds is 3. The molecule has 0 amide bonds. The molecule has 0 spiro atoms. The monoisotopic (exact) mass is 378 g/mol. The van der Waals surface area contributed by atoms with E-state index in [0.29, 0.717) is 17.9 Å². The van der Waals surface area contributed by atoms with E-state index in [1.54, 1.807) is 28.4 Å². The Balaban J connectivity index is 1.50. The summed E-state index contributed by atoms with van der Waals surface area (Å²) in [4.78, 5) is 8.63. The highest BCUT2D eigenvalue weighted by Gasteiger charge is 2.18. The SMILES string of the molecule is Fc1cccc(-c2nc3cnn(Cc4ccc5sccc5c4)cc-3n2)c1F. The van der Waals surface area contributed by atoms with Crippen molar-refractivity contribution in [3.8, 4) is 22.8 Å². The van der Waals surface area contributed by atoms with Crippen molar-refractivity contribution in [1.82, 2.24) is 19.7 Å². The van der Waals surface area contributed by atoms with Gasteiger partial charge in [-0.1, -0.05) is 12.1 Å². The first-order valence-electron chi connectivity index (χ1n) is 8.28. The molecule has 0 fully saturated rings. The van der Waals surface area contributed by atoms with Gasteiger partial charge in [0.1, 0.15) is 11.4 Å². The number of fused-ring (bicyclic) bond motifs is 2. The molecule has 7 heteroatoms. The Labute approximate surface area is 157 Å². The second kappa shape index (κ2) is 6.21. The van der Waals surface area contributed by atoms with Crippen LogP contribution >= 0.6 is 11.3 Å². The van der Waals surface area contributed by atoms with Crippen LogP contribution < -0.4 is 0 Å². The highest BCUT2D eigenvalue weighted by atomic mass is 32.1. The van der Waals surface area contributed by atoms with Gasteiger partial charge in [0.25, 0.3) is 0 Å². The Bertz CT molecular complexity index is 1240. The Morgan fingerprint density at radius 1 is 1.00 bits per heavy atom. The molecule has 0 saturated carbocycles. The summed E-state index contributed by atoms with van der Waals surface area (Å²) in [6.07, 6.45) is 3.35. The Morgan fingerprint density at radius 2 is 1.89 bits per heavy atom. The maximum atomic E-state index is 14.0. The number of halogens is 2. The lowest BCUT2D eigenvalue weighted by Crippen LogP contribution is -2.05. The van der Waals surface area contributed by atoms with Gasteiger partial charge in [0.15, 0.2) is 17.5 Å². The first kappa shape index (κ1) is 16.0. The number of thiophene rings is 1. The predicted molar refractivity (Wildman–Crippen MR) is 101 cm³/mol. The second-order valence-corrected chi connectivity index (χ2v) is 7.13. The molecule has 3 aromatic rings. The molecule has 0 atom stereocenters. The van der Waals surface area contributed by atoms with Crippen molar-refractivity contribution in [2.24, 2.45) is 0 Å². The molecule has 1 aromatic heterocycles. The fraction of sp³-hybridized carbons (Fsp3) is 0.0500. The van der Waals surface area contributed by atoms with E-state index in [1.165, 1.54) is 22.2 Å². The molecule has 3 heterocycles. The van der Waals surface area contributed by atoms with Crippen molar-refractivity contribution < 1.29 is 8.78 Å². The van der Waals surface area contributed by atoms with Crippen LogP contribution in [0.2, 0.25) is 0 Å². The minimum Gasteiger partial charge on any atom is -0.266 e. The fourth-order valence-corrected chi connectivity index (χ4v) is 3.82. The Hall–Kier alpha value is -3.19. The van der Waals surface area contributed by atoms with E-state index >= 15 is 0 Å². The van der Waals surface area contributed by atoms with Crippen molar-refractivity contribution in [2.75, 3.05) is 0 Å². The summed E-state index contributed by atoms with van der Waals surface area (Å²) in [5, 5.41) is 7.64. The van der Waals surface area contributed by atoms with Crippen molar-refractivity contribution in [3.05, 3.63) is 77.4 Å². The van der Waals surface area contributed by atoms with Gasteiger partial charge in [0, 0.05) is 4.70 Å². The van der Waals surface area contributed by atoms with Gasteiger partial charge in [-0.05, 0) is 46.7 Å². The maximum absolute atomic E-state index is 14.0. The molecule has 2 aliphatic rings. The van der Waals surface area contributed by atoms with E-state index in [0.717, 1.165) is 11.6 Å². The maximum Gasteiger partial charge on any atom is 0.169 e. The highest BCUT2D eigenvalue weighted by Crippen LogP contribution is 2.27. The zero-order chi connectivity index (χ0) is 18.4. The third kappa shape index (κ3) is 2.86. The molecule has 0 radical (unpaired) electrons. The van der Waals surface area contributed by atoms with Crippen LogP contribution in [0.15, 0.2) is 60.2 Å². The molecule has 5 rings (SSSR count). The summed E-state index contributed by atoms with van der Waals surface area (Å²) in [7, 11) is 0. The van der Waals surface area contributed by atoms with Crippen LogP contribution in [0.5, 0.6) is 0 Å². The molecule has 4 nitrogen and oxygen atoms in total. The number of hydrogen-bond acceptors (Lipinski definition) is 4. The van der Waals surface area contributed by atoms with Crippen LogP contribution in [0.3, 0.4) is 0 Å². The highest BCUT2D eigenvalue weighted by molar-refractivity contribution is 7.17. The van der Waals surface area contributed by atoms with E-state index in [9.17, 15) is 8.78 Å². The van der Waals surface area contributed by atoms with Gasteiger partial charge in [-0.3, -0.25) is 4.68 Å². The molecule has 132 valence electrons. The second-order valence-electron chi connectivity index (χ2n) is 6.18. The van der Waals surface area contributed by atoms with E-state index in [4.69, 9.17) is 0 Å². The number of benzene rings is 2. The van der Waals surface area contributed by atoms with Crippen LogP contribution in [0, 0.1) is 11.6 Å². The standard InChI is InChI=1S/C20H12F2N4S/c21-15-3-1-2-14(19(15)22)20-24-16-9-23-26(11-17(16)25-20)10-12-4-5-18-13(8-12)6-7-27-18/h1-9,11H,10H2. The normalized spacial score (nSPS) is 11.5. The first-order valence-corrected chi connectivity index (χ1v) is 9.16. The van der Waals surface area contributed by atoms with Crippen LogP contribution in [0.1, 0.15) is 5.56 Å². The van der Waals surface area contributed by atoms with Crippen molar-refractivity contribution in [2.45, 2.75) is 6.54 Å². The Kier molecular flexibility index (Phi) is 3.68. The van der Waals surface area contributed by atoms with E-state index in [-0.39, 0.29) is 11.4 Å². The van der Waals surface area contributed by atoms with E-state index < -0.39 is 11.6 Å². The summed E-state index contributed by atoms with van der Waals surface area (Å²) in [5.41, 5.74) is 2.28. The van der Waals surface area contributed by atoms with Gasteiger partial charge in [0.05, 0.1) is 24.5 Å². The van der Waals surface area contributed by atoms with Crippen molar-refractivity contribution >= 4 is 21.4 Å². The molecule has 0 N–H and O–H groups in total. The van der Waals surface area contributed by atoms with E-state index in [1.807, 2.05) is 0 Å². The van der Waals surface area contributed by atoms with Crippen molar-refractivity contribution in [1.29, 1.82) is 0 Å². The minimum absolute atomic E-state index is 0.0423. The third-order valence-corrected chi connectivity index (χ3v) is 5.27. The lowest BCUT2D eigenvalue weighted by atomic mass is 10.2. The zero-order valence-electron chi connectivity index (χ0n) is 13.9. The first-order chi connectivity index (χ1) is 13.2. The summed E-state index contributed by atoms with van der Waals surface area (Å²) in [5.74, 6) is -1.71. The molecule has 2 aromatic carbocycles.